The predicted octanol–water partition coefficient (Wildman–Crippen LogP) is 2.84. The summed E-state index contributed by atoms with van der Waals surface area (Å²) in [5, 5.41) is 16.8. The van der Waals surface area contributed by atoms with Crippen molar-refractivity contribution in [2.45, 2.75) is 20.4 Å². The number of allylic oxidation sites excluding steroid dienone is 2. The average molecular weight is 370 g/mol. The highest BCUT2D eigenvalue weighted by molar-refractivity contribution is 6.32. The summed E-state index contributed by atoms with van der Waals surface area (Å²) in [6.45, 7) is 7.94. The summed E-state index contributed by atoms with van der Waals surface area (Å²) in [6.07, 6.45) is 1.59. The van der Waals surface area contributed by atoms with Gasteiger partial charge in [0.15, 0.2) is 0 Å². The predicted molar refractivity (Wildman–Crippen MR) is 102 cm³/mol. The van der Waals surface area contributed by atoms with E-state index in [4.69, 9.17) is 22.6 Å². The Bertz CT molecular complexity index is 950. The number of likely N-dealkylation sites (N-methyl/N-ethyl adjacent to an activating group) is 1. The minimum absolute atomic E-state index is 0.301. The zero-order valence-corrected chi connectivity index (χ0v) is 15.7. The molecule has 2 rings (SSSR count). The second kappa shape index (κ2) is 7.89. The van der Waals surface area contributed by atoms with Gasteiger partial charge in [0, 0.05) is 23.9 Å². The van der Waals surface area contributed by atoms with Gasteiger partial charge in [-0.05, 0) is 31.5 Å². The molecule has 7 heteroatoms. The van der Waals surface area contributed by atoms with E-state index in [2.05, 4.69) is 23.1 Å². The zero-order valence-electron chi connectivity index (χ0n) is 14.9. The van der Waals surface area contributed by atoms with Crippen LogP contribution >= 0.6 is 11.6 Å². The largest absolute Gasteiger partial charge is 0.383 e. The summed E-state index contributed by atoms with van der Waals surface area (Å²) >= 11 is 6.16. The van der Waals surface area contributed by atoms with E-state index in [0.29, 0.717) is 28.4 Å². The minimum Gasteiger partial charge on any atom is -0.383 e. The molecule has 0 saturated heterocycles. The first kappa shape index (κ1) is 19.3. The van der Waals surface area contributed by atoms with Gasteiger partial charge in [0.25, 0.3) is 5.91 Å². The Morgan fingerprint density at radius 1 is 1.50 bits per heavy atom. The van der Waals surface area contributed by atoms with Crippen LogP contribution in [0.5, 0.6) is 0 Å². The molecule has 3 N–H and O–H groups in total. The summed E-state index contributed by atoms with van der Waals surface area (Å²) in [4.78, 5) is 11.6. The van der Waals surface area contributed by atoms with Crippen molar-refractivity contribution in [1.82, 2.24) is 15.1 Å². The van der Waals surface area contributed by atoms with E-state index in [1.54, 1.807) is 29.9 Å². The summed E-state index contributed by atoms with van der Waals surface area (Å²) in [6, 6.07) is 7.34. The van der Waals surface area contributed by atoms with Gasteiger partial charge in [-0.3, -0.25) is 9.48 Å². The number of nitriles is 1. The second-order valence-corrected chi connectivity index (χ2v) is 6.14. The van der Waals surface area contributed by atoms with E-state index in [1.165, 1.54) is 0 Å². The molecule has 0 aliphatic heterocycles. The summed E-state index contributed by atoms with van der Waals surface area (Å²) in [5.41, 5.74) is 10.3. The fourth-order valence-corrected chi connectivity index (χ4v) is 3.10. The van der Waals surface area contributed by atoms with E-state index in [-0.39, 0.29) is 0 Å². The van der Waals surface area contributed by atoms with Gasteiger partial charge in [-0.15, -0.1) is 0 Å². The number of aryl methyl sites for hydroxylation is 1. The van der Waals surface area contributed by atoms with Crippen molar-refractivity contribution in [3.63, 3.8) is 0 Å². The number of hydrogen-bond acceptors (Lipinski definition) is 4. The van der Waals surface area contributed by atoms with E-state index in [0.717, 1.165) is 22.5 Å². The van der Waals surface area contributed by atoms with E-state index in [9.17, 15) is 4.79 Å². The highest BCUT2D eigenvalue weighted by atomic mass is 35.5. The number of carbonyl (C=O) groups is 1. The van der Waals surface area contributed by atoms with Crippen LogP contribution in [0.1, 0.15) is 17.0 Å². The molecular weight excluding hydrogens is 350 g/mol. The molecule has 2 aromatic rings. The first-order chi connectivity index (χ1) is 12.3. The summed E-state index contributed by atoms with van der Waals surface area (Å²) < 4.78 is 1.79. The number of primary amides is 1. The van der Waals surface area contributed by atoms with Crippen LogP contribution in [0.15, 0.2) is 42.1 Å². The maximum absolute atomic E-state index is 11.6. The maximum Gasteiger partial charge on any atom is 0.265 e. The quantitative estimate of drug-likeness (QED) is 0.604. The van der Waals surface area contributed by atoms with Gasteiger partial charge in [-0.25, -0.2) is 0 Å². The maximum atomic E-state index is 11.6. The lowest BCUT2D eigenvalue weighted by atomic mass is 10.0. The third kappa shape index (κ3) is 3.63. The van der Waals surface area contributed by atoms with Crippen LogP contribution in [0.3, 0.4) is 0 Å². The fraction of sp³-hybridized carbons (Fsp3) is 0.211. The molecule has 0 radical (unpaired) electrons. The SMILES string of the molecule is C=C/C(Cn1nc(C)c(-c2ccc(C#N)c(Cl)c2)c1C)=C(\NC)C(N)=O. The molecule has 0 aliphatic rings. The molecule has 0 unspecified atom stereocenters. The van der Waals surface area contributed by atoms with Crippen molar-refractivity contribution >= 4 is 17.5 Å². The first-order valence-electron chi connectivity index (χ1n) is 7.91. The van der Waals surface area contributed by atoms with Crippen molar-refractivity contribution < 1.29 is 4.79 Å². The van der Waals surface area contributed by atoms with Gasteiger partial charge in [-0.1, -0.05) is 30.3 Å². The molecule has 0 aliphatic carbocycles. The van der Waals surface area contributed by atoms with Crippen molar-refractivity contribution in [3.05, 3.63) is 64.1 Å². The van der Waals surface area contributed by atoms with Crippen LogP contribution in [0, 0.1) is 25.2 Å². The third-order valence-corrected chi connectivity index (χ3v) is 4.46. The number of hydrogen-bond donors (Lipinski definition) is 2. The van der Waals surface area contributed by atoms with E-state index < -0.39 is 5.91 Å². The molecule has 134 valence electrons. The van der Waals surface area contributed by atoms with Crippen LogP contribution in [-0.4, -0.2) is 22.7 Å². The first-order valence-corrected chi connectivity index (χ1v) is 8.29. The fourth-order valence-electron chi connectivity index (χ4n) is 2.88. The molecule has 0 saturated carbocycles. The molecule has 6 nitrogen and oxygen atoms in total. The van der Waals surface area contributed by atoms with Crippen molar-refractivity contribution in [3.8, 4) is 17.2 Å². The molecule has 26 heavy (non-hydrogen) atoms. The van der Waals surface area contributed by atoms with Crippen molar-refractivity contribution in [1.29, 1.82) is 5.26 Å². The van der Waals surface area contributed by atoms with Gasteiger partial charge in [-0.2, -0.15) is 10.4 Å². The van der Waals surface area contributed by atoms with Gasteiger partial charge in [0.05, 0.1) is 22.8 Å². The van der Waals surface area contributed by atoms with Crippen LogP contribution in [-0.2, 0) is 11.3 Å². The zero-order chi connectivity index (χ0) is 19.4. The van der Waals surface area contributed by atoms with Gasteiger partial charge < -0.3 is 11.1 Å². The lowest BCUT2D eigenvalue weighted by Gasteiger charge is -2.11. The Hall–Kier alpha value is -3.04. The van der Waals surface area contributed by atoms with Gasteiger partial charge >= 0.3 is 0 Å². The summed E-state index contributed by atoms with van der Waals surface area (Å²) in [5.74, 6) is -0.553. The van der Waals surface area contributed by atoms with Crippen LogP contribution in [0.25, 0.3) is 11.1 Å². The Morgan fingerprint density at radius 2 is 2.19 bits per heavy atom. The normalized spacial score (nSPS) is 11.5. The number of nitrogens with zero attached hydrogens (tertiary/aromatic N) is 3. The van der Waals surface area contributed by atoms with E-state index >= 15 is 0 Å². The van der Waals surface area contributed by atoms with Crippen LogP contribution in [0.4, 0.5) is 0 Å². The average Bonchev–Trinajstić information content (AvgIpc) is 2.87. The van der Waals surface area contributed by atoms with Crippen LogP contribution < -0.4 is 11.1 Å². The van der Waals surface area contributed by atoms with E-state index in [1.807, 2.05) is 19.9 Å². The standard InChI is InChI=1S/C19H20ClN5O/c1-5-13(18(23-4)19(22)26)10-25-12(3)17(11(2)24-25)14-6-7-15(9-21)16(20)8-14/h5-8,23H,1,10H2,2-4H3,(H2,22,26)/b18-13+. The molecule has 0 atom stereocenters. The monoisotopic (exact) mass is 369 g/mol. The van der Waals surface area contributed by atoms with Gasteiger partial charge in [0.1, 0.15) is 11.8 Å². The number of amides is 1. The van der Waals surface area contributed by atoms with Crippen molar-refractivity contribution in [2.24, 2.45) is 5.73 Å². The third-order valence-electron chi connectivity index (χ3n) is 4.14. The summed E-state index contributed by atoms with van der Waals surface area (Å²) in [7, 11) is 1.63. The Kier molecular flexibility index (Phi) is 5.86. The number of carbonyl (C=O) groups excluding carboxylic acids is 1. The van der Waals surface area contributed by atoms with Gasteiger partial charge in [0.2, 0.25) is 0 Å². The smallest absolute Gasteiger partial charge is 0.265 e. The lowest BCUT2D eigenvalue weighted by Crippen LogP contribution is -2.26. The van der Waals surface area contributed by atoms with Crippen molar-refractivity contribution in [2.75, 3.05) is 7.05 Å². The molecule has 0 fully saturated rings. The molecule has 1 amide bonds. The number of nitrogens with one attached hydrogen (secondary N) is 1. The lowest BCUT2D eigenvalue weighted by molar-refractivity contribution is -0.114. The minimum atomic E-state index is -0.553. The highest BCUT2D eigenvalue weighted by Crippen LogP contribution is 2.30. The Morgan fingerprint density at radius 3 is 2.69 bits per heavy atom. The molecular formula is C19H20ClN5O. The molecule has 1 aromatic heterocycles. The number of benzene rings is 1. The molecule has 1 heterocycles. The second-order valence-electron chi connectivity index (χ2n) is 5.73. The number of halogens is 1. The Balaban J connectivity index is 2.52. The highest BCUT2D eigenvalue weighted by Gasteiger charge is 2.17. The molecule has 0 bridgehead atoms. The van der Waals surface area contributed by atoms with Crippen LogP contribution in [0.2, 0.25) is 5.02 Å². The topological polar surface area (TPSA) is 96.7 Å². The molecule has 1 aromatic carbocycles. The number of aromatic nitrogens is 2. The number of nitrogens with two attached hydrogens (primary N) is 1. The number of rotatable bonds is 6. The Labute approximate surface area is 157 Å². The molecule has 0 spiro atoms.